The highest BCUT2D eigenvalue weighted by Crippen LogP contribution is 2.36. The lowest BCUT2D eigenvalue weighted by Crippen LogP contribution is -2.48. The predicted octanol–water partition coefficient (Wildman–Crippen LogP) is 2.31. The van der Waals surface area contributed by atoms with Gasteiger partial charge in [0.1, 0.15) is 0 Å². The second-order valence-electron chi connectivity index (χ2n) is 5.70. The summed E-state index contributed by atoms with van der Waals surface area (Å²) in [6, 6.07) is 0.709. The van der Waals surface area contributed by atoms with Crippen molar-refractivity contribution in [1.29, 1.82) is 0 Å². The molecule has 94 valence electrons. The van der Waals surface area contributed by atoms with Gasteiger partial charge in [0, 0.05) is 17.8 Å². The molecule has 0 amide bonds. The van der Waals surface area contributed by atoms with E-state index in [1.807, 2.05) is 11.8 Å². The van der Waals surface area contributed by atoms with Crippen molar-refractivity contribution in [3.8, 4) is 0 Å². The van der Waals surface area contributed by atoms with Crippen LogP contribution >= 0.6 is 11.8 Å². The minimum atomic E-state index is -0.720. The third kappa shape index (κ3) is 3.98. The summed E-state index contributed by atoms with van der Waals surface area (Å²) in [6.07, 6.45) is 1.10. The van der Waals surface area contributed by atoms with E-state index in [0.717, 1.165) is 12.2 Å². The predicted molar refractivity (Wildman–Crippen MR) is 69.0 cm³/mol. The fraction of sp³-hybridized carbons (Fsp3) is 0.917. The van der Waals surface area contributed by atoms with Gasteiger partial charge in [-0.1, -0.05) is 13.8 Å². The minimum Gasteiger partial charge on any atom is -0.480 e. The number of nitrogens with zero attached hydrogens (tertiary/aromatic N) is 1. The lowest BCUT2D eigenvalue weighted by atomic mass is 9.87. The molecule has 0 aromatic heterocycles. The van der Waals surface area contributed by atoms with E-state index in [9.17, 15) is 4.79 Å². The maximum Gasteiger partial charge on any atom is 0.317 e. The Balaban J connectivity index is 2.67. The van der Waals surface area contributed by atoms with E-state index in [1.54, 1.807) is 0 Å². The van der Waals surface area contributed by atoms with Crippen LogP contribution in [0, 0.1) is 5.41 Å². The van der Waals surface area contributed by atoms with Gasteiger partial charge >= 0.3 is 5.97 Å². The van der Waals surface area contributed by atoms with Crippen molar-refractivity contribution < 1.29 is 9.90 Å². The monoisotopic (exact) mass is 245 g/mol. The molecule has 1 aliphatic rings. The number of thioether (sulfide) groups is 1. The average molecular weight is 245 g/mol. The van der Waals surface area contributed by atoms with Gasteiger partial charge in [0.05, 0.1) is 6.54 Å². The van der Waals surface area contributed by atoms with Gasteiger partial charge in [-0.25, -0.2) is 0 Å². The summed E-state index contributed by atoms with van der Waals surface area (Å²) in [5.41, 5.74) is 0.333. The van der Waals surface area contributed by atoms with Gasteiger partial charge in [0.15, 0.2) is 0 Å². The first-order chi connectivity index (χ1) is 7.32. The molecular formula is C12H23NO2S. The Labute approximate surface area is 103 Å². The molecule has 1 fully saturated rings. The molecule has 0 saturated carbocycles. The highest BCUT2D eigenvalue weighted by Gasteiger charge is 2.33. The van der Waals surface area contributed by atoms with Gasteiger partial charge in [0.2, 0.25) is 0 Å². The Bertz CT molecular complexity index is 253. The summed E-state index contributed by atoms with van der Waals surface area (Å²) in [5.74, 6) is 1.53. The maximum absolute atomic E-state index is 10.9. The second-order valence-corrected chi connectivity index (χ2v) is 6.73. The third-order valence-electron chi connectivity index (χ3n) is 3.04. The Kier molecular flexibility index (Phi) is 4.68. The van der Waals surface area contributed by atoms with Crippen molar-refractivity contribution in [3.05, 3.63) is 0 Å². The Morgan fingerprint density at radius 1 is 1.56 bits per heavy atom. The normalized spacial score (nSPS) is 25.0. The first-order valence-electron chi connectivity index (χ1n) is 5.87. The van der Waals surface area contributed by atoms with Crippen molar-refractivity contribution >= 4 is 17.7 Å². The number of carboxylic acids is 1. The van der Waals surface area contributed by atoms with Crippen LogP contribution in [0.1, 0.15) is 34.1 Å². The molecule has 1 unspecified atom stereocenters. The lowest BCUT2D eigenvalue weighted by Gasteiger charge is -2.42. The van der Waals surface area contributed by atoms with Crippen molar-refractivity contribution in [2.45, 2.75) is 46.2 Å². The van der Waals surface area contributed by atoms with E-state index in [2.05, 4.69) is 32.6 Å². The SMILES string of the molecule is CC(C)N(CC(=O)O)C1CSCC(C)(C)C1. The Morgan fingerprint density at radius 2 is 2.19 bits per heavy atom. The molecule has 1 aliphatic heterocycles. The molecule has 16 heavy (non-hydrogen) atoms. The van der Waals surface area contributed by atoms with E-state index in [0.29, 0.717) is 17.5 Å². The summed E-state index contributed by atoms with van der Waals surface area (Å²) < 4.78 is 0. The molecule has 1 saturated heterocycles. The van der Waals surface area contributed by atoms with E-state index in [-0.39, 0.29) is 6.54 Å². The first kappa shape index (κ1) is 13.8. The fourth-order valence-electron chi connectivity index (χ4n) is 2.33. The molecule has 0 aromatic rings. The standard InChI is InChI=1S/C12H23NO2S/c1-9(2)13(6-11(14)15)10-5-12(3,4)8-16-7-10/h9-10H,5-8H2,1-4H3,(H,14,15). The van der Waals surface area contributed by atoms with Crippen molar-refractivity contribution in [2.75, 3.05) is 18.1 Å². The smallest absolute Gasteiger partial charge is 0.317 e. The number of hydrogen-bond acceptors (Lipinski definition) is 3. The largest absolute Gasteiger partial charge is 0.480 e. The molecule has 1 atom stereocenters. The van der Waals surface area contributed by atoms with Crippen LogP contribution in [0.15, 0.2) is 0 Å². The van der Waals surface area contributed by atoms with Gasteiger partial charge in [-0.05, 0) is 31.4 Å². The minimum absolute atomic E-state index is 0.166. The van der Waals surface area contributed by atoms with Gasteiger partial charge < -0.3 is 5.11 Å². The molecule has 0 radical (unpaired) electrons. The van der Waals surface area contributed by atoms with Gasteiger partial charge in [-0.3, -0.25) is 9.69 Å². The molecule has 3 nitrogen and oxygen atoms in total. The lowest BCUT2D eigenvalue weighted by molar-refractivity contribution is -0.139. The van der Waals surface area contributed by atoms with Crippen LogP contribution in [0.2, 0.25) is 0 Å². The Morgan fingerprint density at radius 3 is 2.62 bits per heavy atom. The molecule has 0 bridgehead atoms. The Hall–Kier alpha value is -0.220. The van der Waals surface area contributed by atoms with Crippen LogP contribution in [0.3, 0.4) is 0 Å². The molecular weight excluding hydrogens is 222 g/mol. The zero-order valence-corrected chi connectivity index (χ0v) is 11.5. The van der Waals surface area contributed by atoms with E-state index < -0.39 is 5.97 Å². The van der Waals surface area contributed by atoms with Crippen LogP contribution < -0.4 is 0 Å². The van der Waals surface area contributed by atoms with E-state index >= 15 is 0 Å². The van der Waals surface area contributed by atoms with E-state index in [4.69, 9.17) is 5.11 Å². The fourth-order valence-corrected chi connectivity index (χ4v) is 3.70. The molecule has 0 aromatic carbocycles. The summed E-state index contributed by atoms with van der Waals surface area (Å²) in [5, 5.41) is 8.95. The molecule has 4 heteroatoms. The van der Waals surface area contributed by atoms with Crippen LogP contribution in [-0.2, 0) is 4.79 Å². The van der Waals surface area contributed by atoms with Crippen LogP contribution in [0.25, 0.3) is 0 Å². The number of rotatable bonds is 4. The van der Waals surface area contributed by atoms with Crippen molar-refractivity contribution in [1.82, 2.24) is 4.90 Å². The molecule has 0 aliphatic carbocycles. The molecule has 0 spiro atoms. The summed E-state index contributed by atoms with van der Waals surface area (Å²) in [6.45, 7) is 8.86. The van der Waals surface area contributed by atoms with Gasteiger partial charge in [0.25, 0.3) is 0 Å². The second kappa shape index (κ2) is 5.41. The number of carboxylic acid groups (broad SMARTS) is 1. The average Bonchev–Trinajstić information content (AvgIpc) is 2.11. The number of aliphatic carboxylic acids is 1. The first-order valence-corrected chi connectivity index (χ1v) is 7.02. The quantitative estimate of drug-likeness (QED) is 0.825. The number of carbonyl (C=O) groups is 1. The third-order valence-corrected chi connectivity index (χ3v) is 4.65. The summed E-state index contributed by atoms with van der Waals surface area (Å²) in [4.78, 5) is 13.0. The topological polar surface area (TPSA) is 40.5 Å². The van der Waals surface area contributed by atoms with Gasteiger partial charge in [-0.15, -0.1) is 0 Å². The summed E-state index contributed by atoms with van der Waals surface area (Å²) >= 11 is 1.95. The molecule has 1 N–H and O–H groups in total. The number of hydrogen-bond donors (Lipinski definition) is 1. The highest BCUT2D eigenvalue weighted by atomic mass is 32.2. The summed E-state index contributed by atoms with van der Waals surface area (Å²) in [7, 11) is 0. The zero-order chi connectivity index (χ0) is 12.3. The van der Waals surface area contributed by atoms with Crippen molar-refractivity contribution in [3.63, 3.8) is 0 Å². The van der Waals surface area contributed by atoms with Gasteiger partial charge in [-0.2, -0.15) is 11.8 Å². The van der Waals surface area contributed by atoms with Crippen LogP contribution in [-0.4, -0.2) is 46.1 Å². The van der Waals surface area contributed by atoms with Crippen molar-refractivity contribution in [2.24, 2.45) is 5.41 Å². The van der Waals surface area contributed by atoms with E-state index in [1.165, 1.54) is 5.75 Å². The maximum atomic E-state index is 10.9. The molecule has 1 heterocycles. The van der Waals surface area contributed by atoms with Crippen LogP contribution in [0.4, 0.5) is 0 Å². The highest BCUT2D eigenvalue weighted by molar-refractivity contribution is 7.99. The van der Waals surface area contributed by atoms with Crippen LogP contribution in [0.5, 0.6) is 0 Å². The molecule has 1 rings (SSSR count). The zero-order valence-electron chi connectivity index (χ0n) is 10.7.